The number of benzene rings is 1. The Labute approximate surface area is 129 Å². The number of halogens is 1. The maximum absolute atomic E-state index is 11.9. The molecule has 0 aromatic heterocycles. The van der Waals surface area contributed by atoms with Crippen LogP contribution in [0.2, 0.25) is 0 Å². The highest BCUT2D eigenvalue weighted by molar-refractivity contribution is 14.1. The van der Waals surface area contributed by atoms with Gasteiger partial charge < -0.3 is 10.2 Å². The molecule has 0 aliphatic rings. The molecule has 1 amide bonds. The van der Waals surface area contributed by atoms with Gasteiger partial charge in [0.2, 0.25) is 0 Å². The van der Waals surface area contributed by atoms with E-state index < -0.39 is 0 Å². The van der Waals surface area contributed by atoms with Crippen LogP contribution in [-0.2, 0) is 0 Å². The molecule has 0 saturated carbocycles. The topological polar surface area (TPSA) is 32.3 Å². The zero-order valence-electron chi connectivity index (χ0n) is 11.9. The highest BCUT2D eigenvalue weighted by Gasteiger charge is 2.08. The van der Waals surface area contributed by atoms with Crippen LogP contribution in [0.3, 0.4) is 0 Å². The zero-order valence-corrected chi connectivity index (χ0v) is 14.1. The number of hydrogen-bond donors (Lipinski definition) is 1. The van der Waals surface area contributed by atoms with Gasteiger partial charge in [-0.05, 0) is 75.0 Å². The Hall–Kier alpha value is -0.620. The number of nitrogens with one attached hydrogen (secondary N) is 1. The van der Waals surface area contributed by atoms with Gasteiger partial charge in [-0.3, -0.25) is 4.79 Å². The monoisotopic (exact) mass is 374 g/mol. The minimum absolute atomic E-state index is 0.0298. The van der Waals surface area contributed by atoms with Crippen LogP contribution in [0.5, 0.6) is 0 Å². The largest absolute Gasteiger partial charge is 0.352 e. The summed E-state index contributed by atoms with van der Waals surface area (Å²) < 4.78 is 0.997. The molecule has 1 rings (SSSR count). The van der Waals surface area contributed by atoms with Crippen molar-refractivity contribution >= 4 is 28.5 Å². The van der Waals surface area contributed by atoms with Crippen LogP contribution in [0.1, 0.15) is 37.0 Å². The number of carbonyl (C=O) groups excluding carboxylic acids is 1. The molecule has 0 radical (unpaired) electrons. The molecule has 0 heterocycles. The van der Waals surface area contributed by atoms with Crippen molar-refractivity contribution in [3.05, 3.63) is 33.4 Å². The first-order valence-corrected chi connectivity index (χ1v) is 7.83. The lowest BCUT2D eigenvalue weighted by molar-refractivity contribution is 0.0951. The predicted octanol–water partition coefficient (Wildman–Crippen LogP) is 3.14. The molecular weight excluding hydrogens is 351 g/mol. The fourth-order valence-corrected chi connectivity index (χ4v) is 2.32. The average Bonchev–Trinajstić information content (AvgIpc) is 2.38. The van der Waals surface area contributed by atoms with Gasteiger partial charge >= 0.3 is 0 Å². The Morgan fingerprint density at radius 1 is 1.32 bits per heavy atom. The SMILES string of the molecule is CC(C)N(C)CCCCNC(=O)c1ccccc1I. The molecule has 1 N–H and O–H groups in total. The van der Waals surface area contributed by atoms with Crippen LogP contribution < -0.4 is 5.32 Å². The molecule has 0 saturated heterocycles. The highest BCUT2D eigenvalue weighted by Crippen LogP contribution is 2.10. The molecule has 0 aliphatic heterocycles. The van der Waals surface area contributed by atoms with Gasteiger partial charge in [0.05, 0.1) is 5.56 Å². The molecule has 0 unspecified atom stereocenters. The van der Waals surface area contributed by atoms with Gasteiger partial charge in [0.1, 0.15) is 0 Å². The lowest BCUT2D eigenvalue weighted by Crippen LogP contribution is -2.29. The summed E-state index contributed by atoms with van der Waals surface area (Å²) in [7, 11) is 2.13. The number of nitrogens with zero attached hydrogens (tertiary/aromatic N) is 1. The van der Waals surface area contributed by atoms with E-state index in [9.17, 15) is 4.79 Å². The van der Waals surface area contributed by atoms with E-state index in [2.05, 4.69) is 53.7 Å². The first-order valence-electron chi connectivity index (χ1n) is 6.75. The summed E-state index contributed by atoms with van der Waals surface area (Å²) in [6.45, 7) is 6.21. The minimum Gasteiger partial charge on any atom is -0.352 e. The van der Waals surface area contributed by atoms with Crippen LogP contribution >= 0.6 is 22.6 Å². The van der Waals surface area contributed by atoms with E-state index in [1.54, 1.807) is 0 Å². The Morgan fingerprint density at radius 2 is 2.00 bits per heavy atom. The summed E-state index contributed by atoms with van der Waals surface area (Å²) in [4.78, 5) is 14.3. The van der Waals surface area contributed by atoms with Crippen molar-refractivity contribution in [2.75, 3.05) is 20.1 Å². The maximum atomic E-state index is 11.9. The van der Waals surface area contributed by atoms with Crippen molar-refractivity contribution in [3.63, 3.8) is 0 Å². The molecule has 3 nitrogen and oxygen atoms in total. The summed E-state index contributed by atoms with van der Waals surface area (Å²) in [5.41, 5.74) is 0.766. The van der Waals surface area contributed by atoms with Gasteiger partial charge in [-0.2, -0.15) is 0 Å². The van der Waals surface area contributed by atoms with Crippen molar-refractivity contribution in [2.24, 2.45) is 0 Å². The lowest BCUT2D eigenvalue weighted by Gasteiger charge is -2.20. The first-order chi connectivity index (χ1) is 9.02. The van der Waals surface area contributed by atoms with Gasteiger partial charge in [0.25, 0.3) is 5.91 Å². The fraction of sp³-hybridized carbons (Fsp3) is 0.533. The second-order valence-corrected chi connectivity index (χ2v) is 6.18. The molecule has 0 fully saturated rings. The van der Waals surface area contributed by atoms with Crippen molar-refractivity contribution in [2.45, 2.75) is 32.7 Å². The van der Waals surface area contributed by atoms with Gasteiger partial charge in [-0.1, -0.05) is 12.1 Å². The third-order valence-corrected chi connectivity index (χ3v) is 4.16. The van der Waals surface area contributed by atoms with Crippen LogP contribution in [0.15, 0.2) is 24.3 Å². The molecule has 0 aliphatic carbocycles. The fourth-order valence-electron chi connectivity index (χ4n) is 1.69. The normalized spacial score (nSPS) is 11.1. The molecule has 1 aromatic carbocycles. The average molecular weight is 374 g/mol. The van der Waals surface area contributed by atoms with Crippen molar-refractivity contribution in [3.8, 4) is 0 Å². The van der Waals surface area contributed by atoms with Gasteiger partial charge in [-0.15, -0.1) is 0 Å². The number of rotatable bonds is 7. The van der Waals surface area contributed by atoms with Crippen molar-refractivity contribution < 1.29 is 4.79 Å². The molecule has 19 heavy (non-hydrogen) atoms. The Morgan fingerprint density at radius 3 is 2.63 bits per heavy atom. The predicted molar refractivity (Wildman–Crippen MR) is 88.5 cm³/mol. The number of unbranched alkanes of at least 4 members (excludes halogenated alkanes) is 1. The summed E-state index contributed by atoms with van der Waals surface area (Å²) in [5.74, 6) is 0.0298. The van der Waals surface area contributed by atoms with Crippen LogP contribution in [-0.4, -0.2) is 37.0 Å². The smallest absolute Gasteiger partial charge is 0.252 e. The molecule has 0 spiro atoms. The lowest BCUT2D eigenvalue weighted by atomic mass is 10.2. The molecule has 0 atom stereocenters. The third kappa shape index (κ3) is 5.91. The van der Waals surface area contributed by atoms with E-state index in [4.69, 9.17) is 0 Å². The Kier molecular flexibility index (Phi) is 7.38. The van der Waals surface area contributed by atoms with Crippen LogP contribution in [0, 0.1) is 3.57 Å². The standard InChI is InChI=1S/C15H23IN2O/c1-12(2)18(3)11-7-6-10-17-15(19)13-8-4-5-9-14(13)16/h4-5,8-9,12H,6-7,10-11H2,1-3H3,(H,17,19). The van der Waals surface area contributed by atoms with E-state index in [1.165, 1.54) is 0 Å². The summed E-state index contributed by atoms with van der Waals surface area (Å²) >= 11 is 2.19. The maximum Gasteiger partial charge on any atom is 0.252 e. The van der Waals surface area contributed by atoms with Gasteiger partial charge in [0.15, 0.2) is 0 Å². The van der Waals surface area contributed by atoms with E-state index in [0.29, 0.717) is 6.04 Å². The quantitative estimate of drug-likeness (QED) is 0.588. The molecule has 106 valence electrons. The summed E-state index contributed by atoms with van der Waals surface area (Å²) in [6.07, 6.45) is 2.13. The number of hydrogen-bond acceptors (Lipinski definition) is 2. The van der Waals surface area contributed by atoms with E-state index >= 15 is 0 Å². The summed E-state index contributed by atoms with van der Waals surface area (Å²) in [5, 5.41) is 2.98. The van der Waals surface area contributed by atoms with Crippen LogP contribution in [0.25, 0.3) is 0 Å². The second kappa shape index (κ2) is 8.53. The van der Waals surface area contributed by atoms with E-state index in [0.717, 1.165) is 35.1 Å². The van der Waals surface area contributed by atoms with Gasteiger partial charge in [-0.25, -0.2) is 0 Å². The van der Waals surface area contributed by atoms with Gasteiger partial charge in [0, 0.05) is 16.2 Å². The molecule has 4 heteroatoms. The molecule has 0 bridgehead atoms. The number of carbonyl (C=O) groups is 1. The van der Waals surface area contributed by atoms with E-state index in [-0.39, 0.29) is 5.91 Å². The Balaban J connectivity index is 2.23. The minimum atomic E-state index is 0.0298. The molecule has 1 aromatic rings. The molecular formula is C15H23IN2O. The van der Waals surface area contributed by atoms with E-state index in [1.807, 2.05) is 24.3 Å². The first kappa shape index (κ1) is 16.4. The van der Waals surface area contributed by atoms with Crippen molar-refractivity contribution in [1.82, 2.24) is 10.2 Å². The highest BCUT2D eigenvalue weighted by atomic mass is 127. The third-order valence-electron chi connectivity index (χ3n) is 3.22. The van der Waals surface area contributed by atoms with Crippen LogP contribution in [0.4, 0.5) is 0 Å². The summed E-state index contributed by atoms with van der Waals surface area (Å²) in [6, 6.07) is 8.24. The number of amides is 1. The second-order valence-electron chi connectivity index (χ2n) is 5.02. The zero-order chi connectivity index (χ0) is 14.3. The Bertz CT molecular complexity index is 407. The van der Waals surface area contributed by atoms with Crippen molar-refractivity contribution in [1.29, 1.82) is 0 Å².